The summed E-state index contributed by atoms with van der Waals surface area (Å²) >= 11 is 0. The van der Waals surface area contributed by atoms with Crippen molar-refractivity contribution < 1.29 is 1.43 Å². The van der Waals surface area contributed by atoms with Crippen LogP contribution in [-0.4, -0.2) is 4.98 Å². The van der Waals surface area contributed by atoms with Gasteiger partial charge in [0.25, 0.3) is 0 Å². The topological polar surface area (TPSA) is 12.9 Å². The molecule has 0 saturated carbocycles. The van der Waals surface area contributed by atoms with E-state index in [1.54, 1.807) is 0 Å². The van der Waals surface area contributed by atoms with Gasteiger partial charge in [0, 0.05) is 13.8 Å². The first-order chi connectivity index (χ1) is 5.33. The van der Waals surface area contributed by atoms with E-state index < -0.39 is 0 Å². The summed E-state index contributed by atoms with van der Waals surface area (Å²) < 4.78 is 0. The summed E-state index contributed by atoms with van der Waals surface area (Å²) in [6.07, 6.45) is 4.86. The SMILES string of the molecule is CC.CCc1cncc(C)c1.[HH]. The van der Waals surface area contributed by atoms with Crippen LogP contribution >= 0.6 is 0 Å². The third-order valence-corrected chi connectivity index (χ3v) is 1.34. The highest BCUT2D eigenvalue weighted by Crippen LogP contribution is 2.00. The molecule has 0 amide bonds. The van der Waals surface area contributed by atoms with Gasteiger partial charge >= 0.3 is 0 Å². The molecule has 0 fully saturated rings. The molecule has 0 N–H and O–H groups in total. The van der Waals surface area contributed by atoms with Crippen molar-refractivity contribution in [1.29, 1.82) is 0 Å². The minimum absolute atomic E-state index is 0. The van der Waals surface area contributed by atoms with E-state index in [0.717, 1.165) is 6.42 Å². The van der Waals surface area contributed by atoms with Crippen molar-refractivity contribution in [1.82, 2.24) is 4.98 Å². The molecule has 11 heavy (non-hydrogen) atoms. The van der Waals surface area contributed by atoms with E-state index in [-0.39, 0.29) is 1.43 Å². The highest BCUT2D eigenvalue weighted by molar-refractivity contribution is 5.15. The summed E-state index contributed by atoms with van der Waals surface area (Å²) in [4.78, 5) is 4.06. The lowest BCUT2D eigenvalue weighted by atomic mass is 10.2. The van der Waals surface area contributed by atoms with Gasteiger partial charge in [-0.1, -0.05) is 26.8 Å². The average Bonchev–Trinajstić information content (AvgIpc) is 2.08. The zero-order valence-electron chi connectivity index (χ0n) is 7.89. The first-order valence-electron chi connectivity index (χ1n) is 4.23. The van der Waals surface area contributed by atoms with E-state index in [1.165, 1.54) is 11.1 Å². The quantitative estimate of drug-likeness (QED) is 0.603. The number of hydrogen-bond donors (Lipinski definition) is 0. The van der Waals surface area contributed by atoms with E-state index in [1.807, 2.05) is 26.2 Å². The van der Waals surface area contributed by atoms with Crippen molar-refractivity contribution in [3.8, 4) is 0 Å². The van der Waals surface area contributed by atoms with Gasteiger partial charge in [-0.15, -0.1) is 0 Å². The Kier molecular flexibility index (Phi) is 5.44. The molecule has 1 aromatic rings. The fourth-order valence-corrected chi connectivity index (χ4v) is 0.811. The molecule has 0 saturated heterocycles. The molecular weight excluding hydrogens is 134 g/mol. The Hall–Kier alpha value is -0.850. The molecule has 0 aliphatic heterocycles. The van der Waals surface area contributed by atoms with E-state index in [9.17, 15) is 0 Å². The Morgan fingerprint density at radius 3 is 2.36 bits per heavy atom. The maximum absolute atomic E-state index is 4.06. The predicted octanol–water partition coefficient (Wildman–Crippen LogP) is 3.22. The highest BCUT2D eigenvalue weighted by atomic mass is 14.6. The third kappa shape index (κ3) is 3.76. The number of hydrogen-bond acceptors (Lipinski definition) is 1. The fraction of sp³-hybridized carbons (Fsp3) is 0.500. The minimum atomic E-state index is 0. The molecule has 1 heterocycles. The molecule has 0 atom stereocenters. The standard InChI is InChI=1S/C8H11N.C2H6.H2/c1-3-8-4-7(2)5-9-6-8;1-2;/h4-6H,3H2,1-2H3;1-2H3;1H. The molecule has 1 heteroatoms. The van der Waals surface area contributed by atoms with Crippen LogP contribution in [0.25, 0.3) is 0 Å². The maximum atomic E-state index is 4.06. The molecule has 1 nitrogen and oxygen atoms in total. The molecule has 0 spiro atoms. The molecular formula is C10H19N. The lowest BCUT2D eigenvalue weighted by Crippen LogP contribution is -1.82. The second kappa shape index (κ2) is 5.90. The average molecular weight is 153 g/mol. The van der Waals surface area contributed by atoms with Gasteiger partial charge in [-0.3, -0.25) is 4.98 Å². The van der Waals surface area contributed by atoms with E-state index in [2.05, 4.69) is 24.9 Å². The summed E-state index contributed by atoms with van der Waals surface area (Å²) in [6, 6.07) is 2.16. The van der Waals surface area contributed by atoms with Gasteiger partial charge in [-0.05, 0) is 24.5 Å². The van der Waals surface area contributed by atoms with E-state index in [4.69, 9.17) is 0 Å². The van der Waals surface area contributed by atoms with Crippen LogP contribution in [0.3, 0.4) is 0 Å². The van der Waals surface area contributed by atoms with Crippen LogP contribution in [0.5, 0.6) is 0 Å². The van der Waals surface area contributed by atoms with Gasteiger partial charge in [0.2, 0.25) is 0 Å². The number of aryl methyl sites for hydroxylation is 2. The third-order valence-electron chi connectivity index (χ3n) is 1.34. The van der Waals surface area contributed by atoms with Crippen LogP contribution in [0.4, 0.5) is 0 Å². The second-order valence-corrected chi connectivity index (χ2v) is 2.22. The van der Waals surface area contributed by atoms with Crippen molar-refractivity contribution in [3.05, 3.63) is 29.6 Å². The zero-order valence-corrected chi connectivity index (χ0v) is 7.89. The van der Waals surface area contributed by atoms with Gasteiger partial charge < -0.3 is 0 Å². The van der Waals surface area contributed by atoms with Gasteiger partial charge in [0.1, 0.15) is 0 Å². The summed E-state index contributed by atoms with van der Waals surface area (Å²) in [5.74, 6) is 0. The largest absolute Gasteiger partial charge is 0.264 e. The van der Waals surface area contributed by atoms with E-state index >= 15 is 0 Å². The van der Waals surface area contributed by atoms with Crippen LogP contribution in [0, 0.1) is 6.92 Å². The van der Waals surface area contributed by atoms with Crippen molar-refractivity contribution in [2.45, 2.75) is 34.1 Å². The van der Waals surface area contributed by atoms with E-state index in [0.29, 0.717) is 0 Å². The van der Waals surface area contributed by atoms with Crippen LogP contribution < -0.4 is 0 Å². The molecule has 1 rings (SSSR count). The maximum Gasteiger partial charge on any atom is 0.0299 e. The Labute approximate surface area is 71.0 Å². The van der Waals surface area contributed by atoms with Crippen molar-refractivity contribution >= 4 is 0 Å². The second-order valence-electron chi connectivity index (χ2n) is 2.22. The number of aromatic nitrogens is 1. The fourth-order valence-electron chi connectivity index (χ4n) is 0.811. The zero-order chi connectivity index (χ0) is 8.69. The number of nitrogens with zero attached hydrogens (tertiary/aromatic N) is 1. The normalized spacial score (nSPS) is 8.36. The first-order valence-corrected chi connectivity index (χ1v) is 4.23. The number of pyridine rings is 1. The Balaban J connectivity index is 0. The summed E-state index contributed by atoms with van der Waals surface area (Å²) in [5.41, 5.74) is 2.56. The Morgan fingerprint density at radius 2 is 2.00 bits per heavy atom. The summed E-state index contributed by atoms with van der Waals surface area (Å²) in [6.45, 7) is 8.20. The molecule has 0 aromatic carbocycles. The van der Waals surface area contributed by atoms with Gasteiger partial charge in [0.15, 0.2) is 0 Å². The predicted molar refractivity (Wildman–Crippen MR) is 51.8 cm³/mol. The van der Waals surface area contributed by atoms with Crippen LogP contribution in [0.15, 0.2) is 18.5 Å². The number of rotatable bonds is 1. The first kappa shape index (κ1) is 10.2. The monoisotopic (exact) mass is 153 g/mol. The Morgan fingerprint density at radius 1 is 1.36 bits per heavy atom. The molecule has 0 aliphatic carbocycles. The smallest absolute Gasteiger partial charge is 0.0299 e. The Bertz CT molecular complexity index is 199. The summed E-state index contributed by atoms with van der Waals surface area (Å²) in [5, 5.41) is 0. The minimum Gasteiger partial charge on any atom is -0.264 e. The van der Waals surface area contributed by atoms with Crippen molar-refractivity contribution in [2.75, 3.05) is 0 Å². The van der Waals surface area contributed by atoms with Gasteiger partial charge in [-0.25, -0.2) is 0 Å². The molecule has 1 aromatic heterocycles. The molecule has 0 radical (unpaired) electrons. The lowest BCUT2D eigenvalue weighted by Gasteiger charge is -1.94. The van der Waals surface area contributed by atoms with Gasteiger partial charge in [0.05, 0.1) is 0 Å². The van der Waals surface area contributed by atoms with Crippen LogP contribution in [0.1, 0.15) is 33.3 Å². The van der Waals surface area contributed by atoms with Crippen LogP contribution in [-0.2, 0) is 6.42 Å². The van der Waals surface area contributed by atoms with Gasteiger partial charge in [-0.2, -0.15) is 0 Å². The van der Waals surface area contributed by atoms with Crippen molar-refractivity contribution in [3.63, 3.8) is 0 Å². The molecule has 0 aliphatic rings. The van der Waals surface area contributed by atoms with Crippen LogP contribution in [0.2, 0.25) is 0 Å². The highest BCUT2D eigenvalue weighted by Gasteiger charge is 1.87. The molecule has 0 bridgehead atoms. The molecule has 64 valence electrons. The lowest BCUT2D eigenvalue weighted by molar-refractivity contribution is 1.09. The molecule has 0 unspecified atom stereocenters. The summed E-state index contributed by atoms with van der Waals surface area (Å²) in [7, 11) is 0. The van der Waals surface area contributed by atoms with Crippen molar-refractivity contribution in [2.24, 2.45) is 0 Å².